The molecule has 4 aromatic rings. The second-order valence-electron chi connectivity index (χ2n) is 8.63. The van der Waals surface area contributed by atoms with Crippen LogP contribution >= 0.6 is 36.2 Å². The number of fused-ring (bicyclic) bond motifs is 2. The third-order valence-electron chi connectivity index (χ3n) is 6.29. The molecule has 1 aromatic carbocycles. The lowest BCUT2D eigenvalue weighted by atomic mass is 10.1. The van der Waals surface area contributed by atoms with Crippen molar-refractivity contribution < 1.29 is 22.8 Å². The molecule has 40 heavy (non-hydrogen) atoms. The van der Waals surface area contributed by atoms with Crippen LogP contribution in [0.1, 0.15) is 40.3 Å². The molecule has 8 nitrogen and oxygen atoms in total. The third-order valence-corrected chi connectivity index (χ3v) is 7.34. The number of rotatable bonds is 6. The second kappa shape index (κ2) is 12.4. The van der Waals surface area contributed by atoms with Gasteiger partial charge in [-0.25, -0.2) is 9.97 Å². The fourth-order valence-corrected chi connectivity index (χ4v) is 5.41. The number of nitrogens with zero attached hydrogens (tertiary/aromatic N) is 5. The van der Waals surface area contributed by atoms with Crippen LogP contribution in [0.4, 0.5) is 24.8 Å². The summed E-state index contributed by atoms with van der Waals surface area (Å²) in [4.78, 5) is 46.0. The molecule has 0 fully saturated rings. The van der Waals surface area contributed by atoms with E-state index >= 15 is 0 Å². The van der Waals surface area contributed by atoms with E-state index in [1.165, 1.54) is 23.5 Å². The van der Waals surface area contributed by atoms with Crippen LogP contribution in [0.3, 0.4) is 0 Å². The molecular weight excluding hydrogens is 590 g/mol. The SMILES string of the molecule is CCOn1c(N(CC)c2ccc(C(F)(F)F)cc2)nc2c(c1=O)CN(C(=O)c1cc3cccnc3s1)CC2.Cl.Cl. The molecule has 0 aliphatic carbocycles. The van der Waals surface area contributed by atoms with Gasteiger partial charge in [-0.3, -0.25) is 9.59 Å². The van der Waals surface area contributed by atoms with Crippen molar-refractivity contribution in [3.63, 3.8) is 0 Å². The zero-order chi connectivity index (χ0) is 27.0. The van der Waals surface area contributed by atoms with Crippen molar-refractivity contribution in [2.45, 2.75) is 33.0 Å². The Labute approximate surface area is 244 Å². The lowest BCUT2D eigenvalue weighted by Gasteiger charge is -2.30. The van der Waals surface area contributed by atoms with Crippen molar-refractivity contribution in [1.29, 1.82) is 0 Å². The Morgan fingerprint density at radius 1 is 1.15 bits per heavy atom. The number of carbonyl (C=O) groups is 1. The fourth-order valence-electron chi connectivity index (χ4n) is 4.44. The van der Waals surface area contributed by atoms with E-state index in [9.17, 15) is 22.8 Å². The molecule has 0 radical (unpaired) electrons. The first-order chi connectivity index (χ1) is 18.2. The number of benzene rings is 1. The van der Waals surface area contributed by atoms with Crippen molar-refractivity contribution in [2.24, 2.45) is 0 Å². The maximum absolute atomic E-state index is 13.6. The first-order valence-corrected chi connectivity index (χ1v) is 12.9. The van der Waals surface area contributed by atoms with E-state index in [2.05, 4.69) is 4.98 Å². The molecule has 0 saturated carbocycles. The van der Waals surface area contributed by atoms with Crippen molar-refractivity contribution in [3.8, 4) is 0 Å². The summed E-state index contributed by atoms with van der Waals surface area (Å²) >= 11 is 1.30. The number of halogens is 5. The van der Waals surface area contributed by atoms with Gasteiger partial charge >= 0.3 is 6.18 Å². The van der Waals surface area contributed by atoms with Crippen LogP contribution in [0, 0.1) is 0 Å². The zero-order valence-corrected chi connectivity index (χ0v) is 23.9. The summed E-state index contributed by atoms with van der Waals surface area (Å²) in [7, 11) is 0. The molecule has 5 rings (SSSR count). The minimum Gasteiger partial charge on any atom is -0.408 e. The van der Waals surface area contributed by atoms with Crippen molar-refractivity contribution >= 4 is 63.9 Å². The van der Waals surface area contributed by atoms with Crippen LogP contribution in [0.25, 0.3) is 10.2 Å². The van der Waals surface area contributed by atoms with E-state index in [0.717, 1.165) is 27.1 Å². The maximum Gasteiger partial charge on any atom is 0.416 e. The van der Waals surface area contributed by atoms with E-state index in [4.69, 9.17) is 9.82 Å². The van der Waals surface area contributed by atoms with E-state index in [-0.39, 0.29) is 49.8 Å². The van der Waals surface area contributed by atoms with Gasteiger partial charge in [0.25, 0.3) is 11.5 Å². The Bertz CT molecular complexity index is 1530. The molecule has 1 aliphatic rings. The largest absolute Gasteiger partial charge is 0.416 e. The summed E-state index contributed by atoms with van der Waals surface area (Å²) in [6, 6.07) is 10.2. The summed E-state index contributed by atoms with van der Waals surface area (Å²) < 4.78 is 40.2. The number of aromatic nitrogens is 3. The molecule has 214 valence electrons. The van der Waals surface area contributed by atoms with Crippen molar-refractivity contribution in [1.82, 2.24) is 19.6 Å². The summed E-state index contributed by atoms with van der Waals surface area (Å²) in [5, 5.41) is 0.881. The number of amides is 1. The Morgan fingerprint density at radius 3 is 2.50 bits per heavy atom. The standard InChI is InChI=1S/C26H24F3N5O3S.2ClH/c1-3-33(18-9-7-17(8-10-18)26(27,28)29)25-31-20-11-13-32(15-19(20)23(35)34(25)37-4-2)24(36)21-14-16-6-5-12-30-22(16)38-21;;/h5-10,12,14H,3-4,11,13,15H2,1-2H3;2*1H. The minimum atomic E-state index is -4.46. The number of hydrogen-bond acceptors (Lipinski definition) is 7. The van der Waals surface area contributed by atoms with Crippen molar-refractivity contribution in [2.75, 3.05) is 24.6 Å². The predicted octanol–water partition coefficient (Wildman–Crippen LogP) is 5.52. The van der Waals surface area contributed by atoms with Gasteiger partial charge in [0.15, 0.2) is 0 Å². The number of thiophene rings is 1. The zero-order valence-electron chi connectivity index (χ0n) is 21.5. The second-order valence-corrected chi connectivity index (χ2v) is 9.66. The summed E-state index contributed by atoms with van der Waals surface area (Å²) in [6.45, 7) is 4.45. The molecule has 0 saturated heterocycles. The highest BCUT2D eigenvalue weighted by molar-refractivity contribution is 7.20. The highest BCUT2D eigenvalue weighted by Gasteiger charge is 2.32. The number of pyridine rings is 1. The Balaban J connectivity index is 0.00000220. The van der Waals surface area contributed by atoms with E-state index in [1.54, 1.807) is 35.9 Å². The molecule has 0 unspecified atom stereocenters. The number of hydrogen-bond donors (Lipinski definition) is 0. The van der Waals surface area contributed by atoms with Crippen LogP contribution in [0.2, 0.25) is 0 Å². The Morgan fingerprint density at radius 2 is 1.88 bits per heavy atom. The van der Waals surface area contributed by atoms with E-state index < -0.39 is 17.3 Å². The molecule has 3 aromatic heterocycles. The smallest absolute Gasteiger partial charge is 0.408 e. The van der Waals surface area contributed by atoms with Crippen LogP contribution < -0.4 is 15.3 Å². The first-order valence-electron chi connectivity index (χ1n) is 12.1. The number of carbonyl (C=O) groups excluding carboxylic acids is 1. The van der Waals surface area contributed by atoms with Crippen LogP contribution in [-0.2, 0) is 19.1 Å². The average Bonchev–Trinajstić information content (AvgIpc) is 3.35. The molecule has 0 spiro atoms. The third kappa shape index (κ3) is 5.89. The molecule has 0 atom stereocenters. The highest BCUT2D eigenvalue weighted by Crippen LogP contribution is 2.32. The van der Waals surface area contributed by atoms with Crippen LogP contribution in [0.5, 0.6) is 0 Å². The molecular formula is C26H26Cl2F3N5O3S. The van der Waals surface area contributed by atoms with Gasteiger partial charge in [-0.2, -0.15) is 13.2 Å². The number of alkyl halides is 3. The molecule has 14 heteroatoms. The minimum absolute atomic E-state index is 0. The van der Waals surface area contributed by atoms with Crippen LogP contribution in [-0.4, -0.2) is 45.2 Å². The normalized spacial score (nSPS) is 12.8. The Kier molecular flexibility index (Phi) is 9.70. The molecule has 4 heterocycles. The molecule has 1 amide bonds. The summed E-state index contributed by atoms with van der Waals surface area (Å²) in [6.07, 6.45) is -2.43. The van der Waals surface area contributed by atoms with Gasteiger partial charge in [0.1, 0.15) is 11.4 Å². The summed E-state index contributed by atoms with van der Waals surface area (Å²) in [5.41, 5.74) is 0.106. The van der Waals surface area contributed by atoms with Gasteiger partial charge in [-0.05, 0) is 50.2 Å². The fraction of sp³-hybridized carbons (Fsp3) is 0.308. The maximum atomic E-state index is 13.6. The number of anilines is 2. The van der Waals surface area contributed by atoms with Gasteiger partial charge in [0.05, 0.1) is 28.2 Å². The Hall–Kier alpha value is -3.35. The van der Waals surface area contributed by atoms with Gasteiger partial charge in [0.2, 0.25) is 5.95 Å². The topological polar surface area (TPSA) is 80.6 Å². The molecule has 0 N–H and O–H groups in total. The quantitative estimate of drug-likeness (QED) is 0.284. The average molecular weight is 616 g/mol. The van der Waals surface area contributed by atoms with Gasteiger partial charge in [0, 0.05) is 36.8 Å². The van der Waals surface area contributed by atoms with E-state index in [1.807, 2.05) is 12.1 Å². The van der Waals surface area contributed by atoms with Crippen LogP contribution in [0.15, 0.2) is 53.5 Å². The predicted molar refractivity (Wildman–Crippen MR) is 152 cm³/mol. The van der Waals surface area contributed by atoms with E-state index in [0.29, 0.717) is 41.3 Å². The first kappa shape index (κ1) is 31.2. The summed E-state index contributed by atoms with van der Waals surface area (Å²) in [5.74, 6) is -0.0155. The van der Waals surface area contributed by atoms with Gasteiger partial charge < -0.3 is 14.6 Å². The highest BCUT2D eigenvalue weighted by atomic mass is 35.5. The monoisotopic (exact) mass is 615 g/mol. The van der Waals surface area contributed by atoms with Gasteiger partial charge in [-0.15, -0.1) is 40.9 Å². The van der Waals surface area contributed by atoms with Crippen molar-refractivity contribution in [3.05, 3.63) is 80.7 Å². The lowest BCUT2D eigenvalue weighted by Crippen LogP contribution is -2.43. The lowest BCUT2D eigenvalue weighted by molar-refractivity contribution is -0.137. The molecule has 0 bridgehead atoms. The van der Waals surface area contributed by atoms with Gasteiger partial charge in [-0.1, -0.05) is 6.07 Å². The molecule has 1 aliphatic heterocycles.